The quantitative estimate of drug-likeness (QED) is 0.766. The van der Waals surface area contributed by atoms with Gasteiger partial charge in [-0.1, -0.05) is 25.8 Å². The molecule has 0 saturated heterocycles. The van der Waals surface area contributed by atoms with Crippen molar-refractivity contribution in [1.82, 2.24) is 9.55 Å². The number of H-pyrrole nitrogens is 1. The third-order valence-electron chi connectivity index (χ3n) is 4.67. The van der Waals surface area contributed by atoms with Crippen molar-refractivity contribution in [3.63, 3.8) is 0 Å². The lowest BCUT2D eigenvalue weighted by molar-refractivity contribution is 0.320. The standard InChI is InChI=1S/C17H24N2OS/c1-3-11-20-15-10-6-9-14-16(15)18-17(21)19(14)12(2)13-7-4-5-8-13/h6,9-10,12-13H,3-5,7-8,11H2,1-2H3,(H,18,21). The zero-order chi connectivity index (χ0) is 14.8. The minimum absolute atomic E-state index is 0.454. The highest BCUT2D eigenvalue weighted by molar-refractivity contribution is 7.71. The molecular weight excluding hydrogens is 280 g/mol. The van der Waals surface area contributed by atoms with Crippen LogP contribution >= 0.6 is 12.2 Å². The predicted octanol–water partition coefficient (Wildman–Crippen LogP) is 5.24. The average Bonchev–Trinajstić information content (AvgIpc) is 3.11. The molecule has 1 fully saturated rings. The molecule has 3 rings (SSSR count). The van der Waals surface area contributed by atoms with Gasteiger partial charge in [0, 0.05) is 6.04 Å². The molecule has 4 heteroatoms. The van der Waals surface area contributed by atoms with Crippen molar-refractivity contribution in [2.45, 2.75) is 52.0 Å². The summed E-state index contributed by atoms with van der Waals surface area (Å²) >= 11 is 5.59. The van der Waals surface area contributed by atoms with Gasteiger partial charge in [0.2, 0.25) is 0 Å². The molecule has 1 aliphatic rings. The molecule has 0 spiro atoms. The summed E-state index contributed by atoms with van der Waals surface area (Å²) in [6.45, 7) is 5.16. The number of nitrogens with one attached hydrogen (secondary N) is 1. The lowest BCUT2D eigenvalue weighted by atomic mass is 9.99. The minimum Gasteiger partial charge on any atom is -0.491 e. The first-order valence-corrected chi connectivity index (χ1v) is 8.49. The van der Waals surface area contributed by atoms with E-state index in [0.29, 0.717) is 6.04 Å². The van der Waals surface area contributed by atoms with Crippen molar-refractivity contribution < 1.29 is 4.74 Å². The maximum absolute atomic E-state index is 5.85. The fourth-order valence-electron chi connectivity index (χ4n) is 3.51. The van der Waals surface area contributed by atoms with Gasteiger partial charge in [-0.15, -0.1) is 0 Å². The number of aromatic amines is 1. The van der Waals surface area contributed by atoms with Crippen molar-refractivity contribution in [3.8, 4) is 5.75 Å². The Bertz CT molecular complexity index is 667. The summed E-state index contributed by atoms with van der Waals surface area (Å²) in [7, 11) is 0. The number of hydrogen-bond acceptors (Lipinski definition) is 2. The van der Waals surface area contributed by atoms with Crippen LogP contribution in [0.1, 0.15) is 52.0 Å². The summed E-state index contributed by atoms with van der Waals surface area (Å²) in [4.78, 5) is 3.36. The Balaban J connectivity index is 2.02. The number of aromatic nitrogens is 2. The Morgan fingerprint density at radius 1 is 1.38 bits per heavy atom. The van der Waals surface area contributed by atoms with Gasteiger partial charge in [0.1, 0.15) is 11.3 Å². The fourth-order valence-corrected chi connectivity index (χ4v) is 3.88. The Kier molecular flexibility index (Phi) is 4.34. The van der Waals surface area contributed by atoms with E-state index in [2.05, 4.69) is 35.5 Å². The third-order valence-corrected chi connectivity index (χ3v) is 4.96. The number of imidazole rings is 1. The topological polar surface area (TPSA) is 29.9 Å². The molecule has 0 bridgehead atoms. The van der Waals surface area contributed by atoms with E-state index in [9.17, 15) is 0 Å². The van der Waals surface area contributed by atoms with E-state index in [1.165, 1.54) is 31.2 Å². The molecule has 114 valence electrons. The average molecular weight is 304 g/mol. The predicted molar refractivity (Wildman–Crippen MR) is 89.6 cm³/mol. The second kappa shape index (κ2) is 6.22. The van der Waals surface area contributed by atoms with E-state index in [4.69, 9.17) is 17.0 Å². The third kappa shape index (κ3) is 2.73. The van der Waals surface area contributed by atoms with Crippen LogP contribution in [0, 0.1) is 10.7 Å². The molecule has 1 aliphatic carbocycles. The van der Waals surface area contributed by atoms with E-state index >= 15 is 0 Å². The largest absolute Gasteiger partial charge is 0.491 e. The molecule has 1 N–H and O–H groups in total. The van der Waals surface area contributed by atoms with Crippen LogP contribution in [-0.4, -0.2) is 16.2 Å². The lowest BCUT2D eigenvalue weighted by Gasteiger charge is -2.21. The zero-order valence-corrected chi connectivity index (χ0v) is 13.7. The number of rotatable bonds is 5. The highest BCUT2D eigenvalue weighted by atomic mass is 32.1. The number of benzene rings is 1. The van der Waals surface area contributed by atoms with Crippen LogP contribution in [0.15, 0.2) is 18.2 Å². The van der Waals surface area contributed by atoms with Gasteiger partial charge in [-0.05, 0) is 56.5 Å². The van der Waals surface area contributed by atoms with Crippen molar-refractivity contribution in [1.29, 1.82) is 0 Å². The van der Waals surface area contributed by atoms with Gasteiger partial charge in [0.25, 0.3) is 0 Å². The highest BCUT2D eigenvalue weighted by Crippen LogP contribution is 2.37. The molecule has 1 aromatic heterocycles. The molecule has 0 aliphatic heterocycles. The molecule has 1 aromatic carbocycles. The van der Waals surface area contributed by atoms with Crippen molar-refractivity contribution in [2.75, 3.05) is 6.61 Å². The van der Waals surface area contributed by atoms with Gasteiger partial charge < -0.3 is 14.3 Å². The zero-order valence-electron chi connectivity index (χ0n) is 12.9. The Hall–Kier alpha value is -1.29. The van der Waals surface area contributed by atoms with Gasteiger partial charge in [0.05, 0.1) is 12.1 Å². The molecule has 0 radical (unpaired) electrons. The van der Waals surface area contributed by atoms with Gasteiger partial charge in [-0.3, -0.25) is 0 Å². The normalized spacial score (nSPS) is 17.4. The number of nitrogens with zero attached hydrogens (tertiary/aromatic N) is 1. The SMILES string of the molecule is CCCOc1cccc2c1[nH]c(=S)n2C(C)C1CCCC1. The Morgan fingerprint density at radius 2 is 2.14 bits per heavy atom. The van der Waals surface area contributed by atoms with Crippen molar-refractivity contribution in [2.24, 2.45) is 5.92 Å². The van der Waals surface area contributed by atoms with Crippen LogP contribution < -0.4 is 4.74 Å². The first-order chi connectivity index (χ1) is 10.2. The highest BCUT2D eigenvalue weighted by Gasteiger charge is 2.25. The molecular formula is C17H24N2OS. The maximum atomic E-state index is 5.85. The van der Waals surface area contributed by atoms with Gasteiger partial charge in [-0.2, -0.15) is 0 Å². The second-order valence-corrected chi connectivity index (χ2v) is 6.47. The second-order valence-electron chi connectivity index (χ2n) is 6.08. The van der Waals surface area contributed by atoms with Crippen molar-refractivity contribution >= 4 is 23.3 Å². The summed E-state index contributed by atoms with van der Waals surface area (Å²) in [5.41, 5.74) is 2.22. The van der Waals surface area contributed by atoms with E-state index in [0.717, 1.165) is 35.0 Å². The first kappa shape index (κ1) is 14.6. The number of hydrogen-bond donors (Lipinski definition) is 1. The number of fused-ring (bicyclic) bond motifs is 1. The smallest absolute Gasteiger partial charge is 0.178 e. The molecule has 2 aromatic rings. The minimum atomic E-state index is 0.454. The van der Waals surface area contributed by atoms with Crippen LogP contribution in [0.5, 0.6) is 5.75 Å². The van der Waals surface area contributed by atoms with Crippen LogP contribution in [0.3, 0.4) is 0 Å². The molecule has 1 unspecified atom stereocenters. The molecule has 0 amide bonds. The molecule has 3 nitrogen and oxygen atoms in total. The van der Waals surface area contributed by atoms with Crippen LogP contribution in [-0.2, 0) is 0 Å². The Morgan fingerprint density at radius 3 is 2.86 bits per heavy atom. The summed E-state index contributed by atoms with van der Waals surface area (Å²) < 4.78 is 8.96. The van der Waals surface area contributed by atoms with E-state index in [1.54, 1.807) is 0 Å². The molecule has 1 atom stereocenters. The summed E-state index contributed by atoms with van der Waals surface area (Å²) in [5.74, 6) is 1.66. The molecule has 1 heterocycles. The monoisotopic (exact) mass is 304 g/mol. The summed E-state index contributed by atoms with van der Waals surface area (Å²) in [5, 5.41) is 0. The fraction of sp³-hybridized carbons (Fsp3) is 0.588. The van der Waals surface area contributed by atoms with E-state index in [-0.39, 0.29) is 0 Å². The van der Waals surface area contributed by atoms with E-state index < -0.39 is 0 Å². The number of ether oxygens (including phenoxy) is 1. The van der Waals surface area contributed by atoms with E-state index in [1.807, 2.05) is 6.07 Å². The first-order valence-electron chi connectivity index (χ1n) is 8.08. The summed E-state index contributed by atoms with van der Waals surface area (Å²) in [6.07, 6.45) is 6.37. The maximum Gasteiger partial charge on any atom is 0.178 e. The van der Waals surface area contributed by atoms with Crippen LogP contribution in [0.25, 0.3) is 11.0 Å². The van der Waals surface area contributed by atoms with Gasteiger partial charge >= 0.3 is 0 Å². The van der Waals surface area contributed by atoms with Crippen LogP contribution in [0.4, 0.5) is 0 Å². The van der Waals surface area contributed by atoms with Crippen LogP contribution in [0.2, 0.25) is 0 Å². The number of para-hydroxylation sites is 1. The van der Waals surface area contributed by atoms with Gasteiger partial charge in [0.15, 0.2) is 4.77 Å². The van der Waals surface area contributed by atoms with Gasteiger partial charge in [-0.25, -0.2) is 0 Å². The van der Waals surface area contributed by atoms with Crippen molar-refractivity contribution in [3.05, 3.63) is 23.0 Å². The Labute approximate surface area is 131 Å². The molecule has 1 saturated carbocycles. The lowest BCUT2D eigenvalue weighted by Crippen LogP contribution is -2.14. The summed E-state index contributed by atoms with van der Waals surface area (Å²) in [6, 6.07) is 6.68. The molecule has 21 heavy (non-hydrogen) atoms.